The number of amides is 1. The Morgan fingerprint density at radius 2 is 1.54 bits per heavy atom. The van der Waals surface area contributed by atoms with Crippen LogP contribution in [0.15, 0.2) is 53.4 Å². The maximum Gasteiger partial charge on any atom is 0.261 e. The highest BCUT2D eigenvalue weighted by Gasteiger charge is 2.18. The Hall–Kier alpha value is -2.34. The molecule has 1 N–H and O–H groups in total. The minimum Gasteiger partial charge on any atom is -0.339 e. The number of benzene rings is 2. The molecule has 2 rings (SSSR count). The molecule has 6 heteroatoms. The van der Waals surface area contributed by atoms with Gasteiger partial charge in [-0.2, -0.15) is 0 Å². The number of aryl methyl sites for hydroxylation is 1. The van der Waals surface area contributed by atoms with Crippen LogP contribution in [-0.2, 0) is 10.0 Å². The van der Waals surface area contributed by atoms with Crippen molar-refractivity contribution in [3.63, 3.8) is 0 Å². The van der Waals surface area contributed by atoms with Gasteiger partial charge in [0.25, 0.3) is 15.9 Å². The van der Waals surface area contributed by atoms with Gasteiger partial charge in [-0.25, -0.2) is 8.42 Å². The number of carbonyl (C=O) groups excluding carboxylic acids is 1. The van der Waals surface area contributed by atoms with Crippen LogP contribution < -0.4 is 4.72 Å². The van der Waals surface area contributed by atoms with Gasteiger partial charge in [-0.3, -0.25) is 9.52 Å². The van der Waals surface area contributed by atoms with Crippen LogP contribution in [0.4, 0.5) is 5.69 Å². The van der Waals surface area contributed by atoms with Crippen molar-refractivity contribution in [2.75, 3.05) is 17.8 Å². The molecular weight excluding hydrogens is 348 g/mol. The summed E-state index contributed by atoms with van der Waals surface area (Å²) in [5.74, 6) is -0.0653. The molecule has 0 spiro atoms. The molecule has 2 aromatic carbocycles. The van der Waals surface area contributed by atoms with Gasteiger partial charge in [0.1, 0.15) is 0 Å². The Balaban J connectivity index is 2.20. The number of nitrogens with one attached hydrogen (secondary N) is 1. The first kappa shape index (κ1) is 20.0. The number of hydrogen-bond acceptors (Lipinski definition) is 3. The van der Waals surface area contributed by atoms with Crippen LogP contribution in [0.5, 0.6) is 0 Å². The molecular formula is C20H26N2O3S. The van der Waals surface area contributed by atoms with E-state index in [1.165, 1.54) is 12.1 Å². The van der Waals surface area contributed by atoms with Crippen molar-refractivity contribution in [3.8, 4) is 0 Å². The summed E-state index contributed by atoms with van der Waals surface area (Å²) in [6.45, 7) is 7.30. The largest absolute Gasteiger partial charge is 0.339 e. The SMILES string of the molecule is CCCN(CCC)C(=O)c1ccc(S(=O)(=O)Nc2ccccc2C)cc1. The summed E-state index contributed by atoms with van der Waals surface area (Å²) in [6, 6.07) is 13.3. The summed E-state index contributed by atoms with van der Waals surface area (Å²) in [5.41, 5.74) is 1.89. The highest BCUT2D eigenvalue weighted by Crippen LogP contribution is 2.20. The number of hydrogen-bond donors (Lipinski definition) is 1. The van der Waals surface area contributed by atoms with E-state index in [0.29, 0.717) is 24.3 Å². The van der Waals surface area contributed by atoms with Gasteiger partial charge in [0, 0.05) is 18.7 Å². The number of anilines is 1. The fraction of sp³-hybridized carbons (Fsp3) is 0.350. The number of carbonyl (C=O) groups is 1. The van der Waals surface area contributed by atoms with Crippen LogP contribution in [0, 0.1) is 6.92 Å². The summed E-state index contributed by atoms with van der Waals surface area (Å²) in [4.78, 5) is 14.5. The van der Waals surface area contributed by atoms with Crippen LogP contribution in [0.2, 0.25) is 0 Å². The van der Waals surface area contributed by atoms with Crippen molar-refractivity contribution in [1.82, 2.24) is 4.90 Å². The van der Waals surface area contributed by atoms with Crippen LogP contribution in [0.3, 0.4) is 0 Å². The normalized spacial score (nSPS) is 11.2. The minimum atomic E-state index is -3.69. The Labute approximate surface area is 156 Å². The molecule has 0 aliphatic carbocycles. The van der Waals surface area contributed by atoms with Crippen LogP contribution >= 0.6 is 0 Å². The average Bonchev–Trinajstić information content (AvgIpc) is 2.63. The van der Waals surface area contributed by atoms with Crippen molar-refractivity contribution in [1.29, 1.82) is 0 Å². The van der Waals surface area contributed by atoms with Gasteiger partial charge in [0.15, 0.2) is 0 Å². The van der Waals surface area contributed by atoms with Crippen LogP contribution in [0.1, 0.15) is 42.6 Å². The lowest BCUT2D eigenvalue weighted by Gasteiger charge is -2.21. The van der Waals surface area contributed by atoms with Crippen molar-refractivity contribution in [2.24, 2.45) is 0 Å². The molecule has 0 unspecified atom stereocenters. The molecule has 0 aliphatic heterocycles. The van der Waals surface area contributed by atoms with Crippen LogP contribution in [-0.4, -0.2) is 32.3 Å². The zero-order valence-corrected chi connectivity index (χ0v) is 16.3. The maximum atomic E-state index is 12.6. The predicted molar refractivity (Wildman–Crippen MR) is 105 cm³/mol. The highest BCUT2D eigenvalue weighted by molar-refractivity contribution is 7.92. The fourth-order valence-corrected chi connectivity index (χ4v) is 3.84. The lowest BCUT2D eigenvalue weighted by molar-refractivity contribution is 0.0755. The van der Waals surface area contributed by atoms with E-state index in [4.69, 9.17) is 0 Å². The summed E-state index contributed by atoms with van der Waals surface area (Å²) in [5, 5.41) is 0. The first-order valence-electron chi connectivity index (χ1n) is 8.86. The van der Waals surface area contributed by atoms with E-state index in [-0.39, 0.29) is 10.8 Å². The van der Waals surface area contributed by atoms with E-state index in [0.717, 1.165) is 18.4 Å². The molecule has 0 fully saturated rings. The zero-order chi connectivity index (χ0) is 19.2. The molecule has 0 radical (unpaired) electrons. The quantitative estimate of drug-likeness (QED) is 0.758. The Bertz CT molecular complexity index is 840. The number of sulfonamides is 1. The Kier molecular flexibility index (Phi) is 6.80. The third-order valence-electron chi connectivity index (χ3n) is 4.08. The summed E-state index contributed by atoms with van der Waals surface area (Å²) in [6.07, 6.45) is 1.77. The van der Waals surface area contributed by atoms with Gasteiger partial charge >= 0.3 is 0 Å². The first-order chi connectivity index (χ1) is 12.4. The van der Waals surface area contributed by atoms with E-state index in [1.807, 2.05) is 32.9 Å². The predicted octanol–water partition coefficient (Wildman–Crippen LogP) is 4.06. The van der Waals surface area contributed by atoms with Gasteiger partial charge in [-0.1, -0.05) is 32.0 Å². The van der Waals surface area contributed by atoms with Gasteiger partial charge in [0.05, 0.1) is 10.6 Å². The average molecular weight is 375 g/mol. The standard InChI is InChI=1S/C20H26N2O3S/c1-4-14-22(15-5-2)20(23)17-10-12-18(13-11-17)26(24,25)21-19-9-7-6-8-16(19)3/h6-13,21H,4-5,14-15H2,1-3H3. The summed E-state index contributed by atoms with van der Waals surface area (Å²) >= 11 is 0. The monoisotopic (exact) mass is 374 g/mol. The molecule has 0 aliphatic rings. The van der Waals surface area contributed by atoms with Gasteiger partial charge in [-0.15, -0.1) is 0 Å². The lowest BCUT2D eigenvalue weighted by Crippen LogP contribution is -2.32. The smallest absolute Gasteiger partial charge is 0.261 e. The second-order valence-corrected chi connectivity index (χ2v) is 7.92. The van der Waals surface area contributed by atoms with Crippen molar-refractivity contribution in [3.05, 3.63) is 59.7 Å². The van der Waals surface area contributed by atoms with E-state index in [1.54, 1.807) is 29.2 Å². The topological polar surface area (TPSA) is 66.5 Å². The number of nitrogens with zero attached hydrogens (tertiary/aromatic N) is 1. The third-order valence-corrected chi connectivity index (χ3v) is 5.46. The molecule has 0 bridgehead atoms. The minimum absolute atomic E-state index is 0.0653. The van der Waals surface area contributed by atoms with E-state index < -0.39 is 10.0 Å². The van der Waals surface area contributed by atoms with Crippen LogP contribution in [0.25, 0.3) is 0 Å². The molecule has 26 heavy (non-hydrogen) atoms. The Morgan fingerprint density at radius 3 is 2.08 bits per heavy atom. The zero-order valence-electron chi connectivity index (χ0n) is 15.5. The first-order valence-corrected chi connectivity index (χ1v) is 10.3. The second kappa shape index (κ2) is 8.85. The molecule has 5 nitrogen and oxygen atoms in total. The molecule has 0 saturated heterocycles. The highest BCUT2D eigenvalue weighted by atomic mass is 32.2. The molecule has 2 aromatic rings. The van der Waals surface area contributed by atoms with Gasteiger partial charge in [-0.05, 0) is 55.7 Å². The van der Waals surface area contributed by atoms with E-state index in [9.17, 15) is 13.2 Å². The Morgan fingerprint density at radius 1 is 0.962 bits per heavy atom. The molecule has 0 aromatic heterocycles. The molecule has 0 saturated carbocycles. The van der Waals surface area contributed by atoms with Gasteiger partial charge in [0.2, 0.25) is 0 Å². The van der Waals surface area contributed by atoms with Crippen molar-refractivity contribution in [2.45, 2.75) is 38.5 Å². The fourth-order valence-electron chi connectivity index (χ4n) is 2.71. The molecule has 0 atom stereocenters. The molecule has 0 heterocycles. The summed E-state index contributed by atoms with van der Waals surface area (Å²) < 4.78 is 27.7. The van der Waals surface area contributed by atoms with Crippen molar-refractivity contribution < 1.29 is 13.2 Å². The second-order valence-electron chi connectivity index (χ2n) is 6.24. The molecule has 140 valence electrons. The lowest BCUT2D eigenvalue weighted by atomic mass is 10.2. The summed E-state index contributed by atoms with van der Waals surface area (Å²) in [7, 11) is -3.69. The van der Waals surface area contributed by atoms with Crippen molar-refractivity contribution >= 4 is 21.6 Å². The maximum absolute atomic E-state index is 12.6. The third kappa shape index (κ3) is 4.85. The van der Waals surface area contributed by atoms with Gasteiger partial charge < -0.3 is 4.90 Å². The van der Waals surface area contributed by atoms with E-state index >= 15 is 0 Å². The van der Waals surface area contributed by atoms with E-state index in [2.05, 4.69) is 4.72 Å². The number of para-hydroxylation sites is 1. The number of rotatable bonds is 8. The molecule has 1 amide bonds.